The van der Waals surface area contributed by atoms with Gasteiger partial charge in [-0.1, -0.05) is 18.2 Å². The Kier molecular flexibility index (Phi) is 3.43. The van der Waals surface area contributed by atoms with E-state index in [0.717, 1.165) is 29.0 Å². The van der Waals surface area contributed by atoms with Crippen molar-refractivity contribution in [1.82, 2.24) is 19.3 Å². The topological polar surface area (TPSA) is 64.7 Å². The average Bonchev–Trinajstić information content (AvgIpc) is 2.97. The first-order chi connectivity index (χ1) is 10.2. The summed E-state index contributed by atoms with van der Waals surface area (Å²) in [5.41, 5.74) is 1.69. The highest BCUT2D eigenvalue weighted by atomic mass is 16.1. The average molecular weight is 283 g/mol. The fourth-order valence-electron chi connectivity index (χ4n) is 2.41. The Morgan fingerprint density at radius 1 is 1.29 bits per heavy atom. The van der Waals surface area contributed by atoms with E-state index in [1.807, 2.05) is 35.8 Å². The van der Waals surface area contributed by atoms with Gasteiger partial charge in [-0.3, -0.25) is 4.79 Å². The first kappa shape index (κ1) is 13.4. The maximum Gasteiger partial charge on any atom is 0.252 e. The number of nitrogens with one attached hydrogen (secondary N) is 1. The van der Waals surface area contributed by atoms with Crippen LogP contribution in [0.25, 0.3) is 10.9 Å². The smallest absolute Gasteiger partial charge is 0.252 e. The van der Waals surface area contributed by atoms with Gasteiger partial charge < -0.3 is 14.5 Å². The number of aromatic nitrogens is 4. The number of pyridine rings is 1. The molecule has 0 radical (unpaired) electrons. The van der Waals surface area contributed by atoms with Gasteiger partial charge in [0.1, 0.15) is 6.33 Å². The van der Waals surface area contributed by atoms with Gasteiger partial charge in [0, 0.05) is 30.7 Å². The van der Waals surface area contributed by atoms with Gasteiger partial charge in [0.2, 0.25) is 0 Å². The highest BCUT2D eigenvalue weighted by Gasteiger charge is 2.07. The van der Waals surface area contributed by atoms with Crippen LogP contribution in [0.4, 0.5) is 5.69 Å². The first-order valence-corrected chi connectivity index (χ1v) is 6.90. The van der Waals surface area contributed by atoms with Crippen molar-refractivity contribution < 1.29 is 0 Å². The molecule has 2 heterocycles. The Hall–Kier alpha value is -2.63. The molecule has 0 saturated carbocycles. The summed E-state index contributed by atoms with van der Waals surface area (Å²) >= 11 is 0. The summed E-state index contributed by atoms with van der Waals surface area (Å²) in [6, 6.07) is 9.46. The van der Waals surface area contributed by atoms with Crippen molar-refractivity contribution in [2.45, 2.75) is 20.0 Å². The van der Waals surface area contributed by atoms with Crippen molar-refractivity contribution in [2.75, 3.05) is 5.32 Å². The lowest BCUT2D eigenvalue weighted by Gasteiger charge is -2.12. The van der Waals surface area contributed by atoms with Crippen LogP contribution in [-0.2, 0) is 20.1 Å². The molecule has 0 aliphatic carbocycles. The number of rotatable bonds is 4. The van der Waals surface area contributed by atoms with Gasteiger partial charge in [0.25, 0.3) is 5.56 Å². The van der Waals surface area contributed by atoms with Crippen LogP contribution < -0.4 is 10.9 Å². The van der Waals surface area contributed by atoms with E-state index in [4.69, 9.17) is 0 Å². The molecule has 3 aromatic rings. The molecule has 0 bridgehead atoms. The van der Waals surface area contributed by atoms with E-state index in [1.165, 1.54) is 0 Å². The molecule has 3 rings (SSSR count). The van der Waals surface area contributed by atoms with E-state index in [0.29, 0.717) is 6.54 Å². The van der Waals surface area contributed by atoms with Crippen LogP contribution in [0.15, 0.2) is 41.5 Å². The molecule has 6 nitrogen and oxygen atoms in total. The standard InChI is InChI=1S/C15H17N5O/c1-3-20-10-17-18-14(20)9-16-12-8-15(21)19(2)13-7-5-4-6-11(12)13/h4-8,10,16H,3,9H2,1-2H3. The minimum absolute atomic E-state index is 0.0341. The highest BCUT2D eigenvalue weighted by molar-refractivity contribution is 5.91. The largest absolute Gasteiger partial charge is 0.377 e. The monoisotopic (exact) mass is 283 g/mol. The fraction of sp³-hybridized carbons (Fsp3) is 0.267. The van der Waals surface area contributed by atoms with Gasteiger partial charge in [-0.2, -0.15) is 0 Å². The van der Waals surface area contributed by atoms with E-state index in [9.17, 15) is 4.79 Å². The van der Waals surface area contributed by atoms with E-state index in [2.05, 4.69) is 15.5 Å². The van der Waals surface area contributed by atoms with Crippen molar-refractivity contribution in [1.29, 1.82) is 0 Å². The maximum atomic E-state index is 12.0. The third-order valence-electron chi connectivity index (χ3n) is 3.63. The lowest BCUT2D eigenvalue weighted by Crippen LogP contribution is -2.18. The Balaban J connectivity index is 1.98. The van der Waals surface area contributed by atoms with Gasteiger partial charge in [0.15, 0.2) is 5.82 Å². The molecule has 0 fully saturated rings. The number of hydrogen-bond acceptors (Lipinski definition) is 4. The van der Waals surface area contributed by atoms with Gasteiger partial charge in [-0.15, -0.1) is 10.2 Å². The van der Waals surface area contributed by atoms with E-state index >= 15 is 0 Å². The molecule has 0 aliphatic rings. The van der Waals surface area contributed by atoms with Crippen molar-refractivity contribution >= 4 is 16.6 Å². The molecule has 0 aliphatic heterocycles. The first-order valence-electron chi connectivity index (χ1n) is 6.90. The van der Waals surface area contributed by atoms with E-state index in [1.54, 1.807) is 24.0 Å². The molecule has 1 N–H and O–H groups in total. The van der Waals surface area contributed by atoms with Gasteiger partial charge in [0.05, 0.1) is 12.1 Å². The predicted octanol–water partition coefficient (Wildman–Crippen LogP) is 1.76. The Morgan fingerprint density at radius 3 is 2.90 bits per heavy atom. The molecule has 0 unspecified atom stereocenters. The molecule has 0 amide bonds. The molecule has 0 spiro atoms. The molecule has 2 aromatic heterocycles. The molecular weight excluding hydrogens is 266 g/mol. The summed E-state index contributed by atoms with van der Waals surface area (Å²) in [4.78, 5) is 12.0. The highest BCUT2D eigenvalue weighted by Crippen LogP contribution is 2.21. The summed E-state index contributed by atoms with van der Waals surface area (Å²) in [6.45, 7) is 3.40. The number of aryl methyl sites for hydroxylation is 2. The predicted molar refractivity (Wildman–Crippen MR) is 82.2 cm³/mol. The number of nitrogens with zero attached hydrogens (tertiary/aromatic N) is 4. The molecule has 1 aromatic carbocycles. The Bertz CT molecular complexity index is 833. The lowest BCUT2D eigenvalue weighted by molar-refractivity contribution is 0.708. The van der Waals surface area contributed by atoms with Crippen LogP contribution in [0.3, 0.4) is 0 Å². The van der Waals surface area contributed by atoms with Crippen LogP contribution in [0.5, 0.6) is 0 Å². The Morgan fingerprint density at radius 2 is 2.10 bits per heavy atom. The van der Waals surface area contributed by atoms with Gasteiger partial charge >= 0.3 is 0 Å². The minimum atomic E-state index is -0.0341. The zero-order chi connectivity index (χ0) is 14.8. The second-order valence-corrected chi connectivity index (χ2v) is 4.86. The SMILES string of the molecule is CCn1cnnc1CNc1cc(=O)n(C)c2ccccc12. The third-order valence-corrected chi connectivity index (χ3v) is 3.63. The molecule has 108 valence electrons. The zero-order valence-electron chi connectivity index (χ0n) is 12.1. The van der Waals surface area contributed by atoms with Crippen LogP contribution in [-0.4, -0.2) is 19.3 Å². The summed E-state index contributed by atoms with van der Waals surface area (Å²) in [7, 11) is 1.78. The number of para-hydroxylation sites is 1. The van der Waals surface area contributed by atoms with Crippen LogP contribution in [0.1, 0.15) is 12.7 Å². The summed E-state index contributed by atoms with van der Waals surface area (Å²) in [6.07, 6.45) is 1.71. The summed E-state index contributed by atoms with van der Waals surface area (Å²) < 4.78 is 3.62. The molecule has 0 saturated heterocycles. The maximum absolute atomic E-state index is 12.0. The van der Waals surface area contributed by atoms with Crippen LogP contribution in [0.2, 0.25) is 0 Å². The number of fused-ring (bicyclic) bond motifs is 1. The second-order valence-electron chi connectivity index (χ2n) is 4.86. The minimum Gasteiger partial charge on any atom is -0.377 e. The van der Waals surface area contributed by atoms with Crippen LogP contribution >= 0.6 is 0 Å². The van der Waals surface area contributed by atoms with Gasteiger partial charge in [-0.05, 0) is 13.0 Å². The lowest BCUT2D eigenvalue weighted by atomic mass is 10.2. The molecular formula is C15H17N5O. The second kappa shape index (κ2) is 5.40. The Labute approximate surface area is 122 Å². The number of hydrogen-bond donors (Lipinski definition) is 1. The van der Waals surface area contributed by atoms with Crippen LogP contribution in [0, 0.1) is 0 Å². The van der Waals surface area contributed by atoms with Crippen molar-refractivity contribution in [3.63, 3.8) is 0 Å². The van der Waals surface area contributed by atoms with Gasteiger partial charge in [-0.25, -0.2) is 0 Å². The fourth-order valence-corrected chi connectivity index (χ4v) is 2.41. The summed E-state index contributed by atoms with van der Waals surface area (Å²) in [5, 5.41) is 12.3. The quantitative estimate of drug-likeness (QED) is 0.792. The summed E-state index contributed by atoms with van der Waals surface area (Å²) in [5.74, 6) is 0.849. The number of anilines is 1. The van der Waals surface area contributed by atoms with Crippen molar-refractivity contribution in [3.8, 4) is 0 Å². The van der Waals surface area contributed by atoms with E-state index in [-0.39, 0.29) is 5.56 Å². The van der Waals surface area contributed by atoms with E-state index < -0.39 is 0 Å². The number of benzene rings is 1. The molecule has 6 heteroatoms. The third kappa shape index (κ3) is 2.40. The van der Waals surface area contributed by atoms with Crippen molar-refractivity contribution in [3.05, 3.63) is 52.8 Å². The molecule has 21 heavy (non-hydrogen) atoms. The van der Waals surface area contributed by atoms with Crippen molar-refractivity contribution in [2.24, 2.45) is 7.05 Å². The zero-order valence-corrected chi connectivity index (χ0v) is 12.1. The normalized spacial score (nSPS) is 11.0. The molecule has 0 atom stereocenters.